The van der Waals surface area contributed by atoms with Gasteiger partial charge in [0, 0.05) is 19.1 Å². The predicted molar refractivity (Wildman–Crippen MR) is 58.6 cm³/mol. The second-order valence-electron chi connectivity index (χ2n) is 4.40. The summed E-state index contributed by atoms with van der Waals surface area (Å²) in [5.41, 5.74) is 0. The van der Waals surface area contributed by atoms with E-state index in [1.165, 1.54) is 0 Å². The third-order valence-corrected chi connectivity index (χ3v) is 2.91. The van der Waals surface area contributed by atoms with Crippen molar-refractivity contribution in [3.8, 4) is 0 Å². The second-order valence-corrected chi connectivity index (χ2v) is 4.40. The lowest BCUT2D eigenvalue weighted by molar-refractivity contribution is -0.185. The van der Waals surface area contributed by atoms with Crippen LogP contribution in [0.1, 0.15) is 32.6 Å². The van der Waals surface area contributed by atoms with Crippen molar-refractivity contribution in [1.82, 2.24) is 10.2 Å². The predicted octanol–water partition coefficient (Wildman–Crippen LogP) is 1.93. The molecule has 6 heteroatoms. The molecule has 1 atom stereocenters. The largest absolute Gasteiger partial charge is 0.471 e. The van der Waals surface area contributed by atoms with E-state index in [0.29, 0.717) is 6.42 Å². The molecule has 0 spiro atoms. The van der Waals surface area contributed by atoms with Gasteiger partial charge in [-0.15, -0.1) is 0 Å². The topological polar surface area (TPSA) is 32.3 Å². The number of amides is 1. The Morgan fingerprint density at radius 1 is 1.47 bits per heavy atom. The number of halogens is 3. The van der Waals surface area contributed by atoms with E-state index in [-0.39, 0.29) is 19.1 Å². The van der Waals surface area contributed by atoms with Crippen LogP contribution in [0.5, 0.6) is 0 Å². The Hall–Kier alpha value is -0.780. The van der Waals surface area contributed by atoms with E-state index >= 15 is 0 Å². The lowest BCUT2D eigenvalue weighted by Gasteiger charge is -2.26. The molecule has 0 aliphatic carbocycles. The Kier molecular flexibility index (Phi) is 5.24. The summed E-state index contributed by atoms with van der Waals surface area (Å²) in [6, 6.07) is 0.0122. The van der Waals surface area contributed by atoms with Gasteiger partial charge in [0.25, 0.3) is 0 Å². The fourth-order valence-electron chi connectivity index (χ4n) is 1.98. The molecule has 0 radical (unpaired) electrons. The minimum absolute atomic E-state index is 0.0122. The first-order valence-corrected chi connectivity index (χ1v) is 6.04. The van der Waals surface area contributed by atoms with E-state index in [9.17, 15) is 18.0 Å². The van der Waals surface area contributed by atoms with Gasteiger partial charge in [0.2, 0.25) is 0 Å². The molecule has 3 nitrogen and oxygen atoms in total. The number of alkyl halides is 3. The van der Waals surface area contributed by atoms with Gasteiger partial charge < -0.3 is 10.2 Å². The first kappa shape index (κ1) is 14.3. The summed E-state index contributed by atoms with van der Waals surface area (Å²) in [4.78, 5) is 12.2. The summed E-state index contributed by atoms with van der Waals surface area (Å²) in [5, 5.41) is 3.11. The summed E-state index contributed by atoms with van der Waals surface area (Å²) in [7, 11) is 0. The Balaban J connectivity index is 2.55. The Bertz CT molecular complexity index is 250. The van der Waals surface area contributed by atoms with Crippen LogP contribution in [0.25, 0.3) is 0 Å². The molecule has 1 saturated heterocycles. The fraction of sp³-hybridized carbons (Fsp3) is 0.909. The van der Waals surface area contributed by atoms with Crippen molar-refractivity contribution in [2.75, 3.05) is 19.6 Å². The quantitative estimate of drug-likeness (QED) is 0.811. The van der Waals surface area contributed by atoms with Crippen molar-refractivity contribution in [2.24, 2.45) is 0 Å². The number of hydrogen-bond donors (Lipinski definition) is 1. The minimum atomic E-state index is -4.76. The molecule has 1 N–H and O–H groups in total. The molecule has 1 aliphatic heterocycles. The monoisotopic (exact) mass is 252 g/mol. The lowest BCUT2D eigenvalue weighted by Crippen LogP contribution is -2.47. The van der Waals surface area contributed by atoms with Gasteiger partial charge in [0.1, 0.15) is 0 Å². The van der Waals surface area contributed by atoms with Crippen LogP contribution in [0.2, 0.25) is 0 Å². The highest BCUT2D eigenvalue weighted by Gasteiger charge is 2.42. The Morgan fingerprint density at radius 2 is 2.18 bits per heavy atom. The van der Waals surface area contributed by atoms with Crippen LogP contribution in [0.15, 0.2) is 0 Å². The summed E-state index contributed by atoms with van der Waals surface area (Å²) in [5.74, 6) is -1.71. The third-order valence-electron chi connectivity index (χ3n) is 2.91. The third kappa shape index (κ3) is 4.53. The first-order valence-electron chi connectivity index (χ1n) is 6.04. The zero-order valence-corrected chi connectivity index (χ0v) is 10.0. The van der Waals surface area contributed by atoms with Crippen LogP contribution in [-0.2, 0) is 4.79 Å². The van der Waals surface area contributed by atoms with Gasteiger partial charge in [0.15, 0.2) is 0 Å². The fourth-order valence-corrected chi connectivity index (χ4v) is 1.98. The summed E-state index contributed by atoms with van der Waals surface area (Å²) in [6.07, 6.45) is -1.57. The second kappa shape index (κ2) is 6.23. The molecular weight excluding hydrogens is 233 g/mol. The number of rotatable bonds is 5. The highest BCUT2D eigenvalue weighted by Crippen LogP contribution is 2.20. The zero-order valence-electron chi connectivity index (χ0n) is 10.0. The van der Waals surface area contributed by atoms with Gasteiger partial charge in [-0.1, -0.05) is 13.3 Å². The maximum absolute atomic E-state index is 12.4. The summed E-state index contributed by atoms with van der Waals surface area (Å²) >= 11 is 0. The molecule has 0 bridgehead atoms. The van der Waals surface area contributed by atoms with Crippen molar-refractivity contribution < 1.29 is 18.0 Å². The van der Waals surface area contributed by atoms with E-state index in [1.807, 2.05) is 6.92 Å². The SMILES string of the molecule is CCCCN(CC1CCCN1)C(=O)C(F)(F)F. The van der Waals surface area contributed by atoms with Crippen LogP contribution in [0.3, 0.4) is 0 Å². The Morgan fingerprint density at radius 3 is 2.65 bits per heavy atom. The number of hydrogen-bond acceptors (Lipinski definition) is 2. The molecule has 0 aromatic heterocycles. The average Bonchev–Trinajstić information content (AvgIpc) is 2.74. The number of carbonyl (C=O) groups is 1. The van der Waals surface area contributed by atoms with Crippen LogP contribution >= 0.6 is 0 Å². The molecule has 1 unspecified atom stereocenters. The number of carbonyl (C=O) groups excluding carboxylic acids is 1. The van der Waals surface area contributed by atoms with Crippen molar-refractivity contribution in [3.05, 3.63) is 0 Å². The van der Waals surface area contributed by atoms with Gasteiger partial charge in [-0.05, 0) is 25.8 Å². The molecule has 1 heterocycles. The molecule has 1 amide bonds. The van der Waals surface area contributed by atoms with E-state index < -0.39 is 12.1 Å². The van der Waals surface area contributed by atoms with Crippen molar-refractivity contribution in [3.63, 3.8) is 0 Å². The van der Waals surface area contributed by atoms with Gasteiger partial charge in [0.05, 0.1) is 0 Å². The molecule has 1 fully saturated rings. The molecule has 0 aromatic rings. The van der Waals surface area contributed by atoms with Crippen LogP contribution in [0.4, 0.5) is 13.2 Å². The van der Waals surface area contributed by atoms with Gasteiger partial charge in [-0.2, -0.15) is 13.2 Å². The van der Waals surface area contributed by atoms with E-state index in [0.717, 1.165) is 30.7 Å². The molecule has 0 aromatic carbocycles. The van der Waals surface area contributed by atoms with E-state index in [1.54, 1.807) is 0 Å². The lowest BCUT2D eigenvalue weighted by atomic mass is 10.2. The summed E-state index contributed by atoms with van der Waals surface area (Å²) in [6.45, 7) is 3.07. The standard InChI is InChI=1S/C11H19F3N2O/c1-2-3-7-16(10(17)11(12,13)14)8-9-5-4-6-15-9/h9,15H,2-8H2,1H3. The number of nitrogens with one attached hydrogen (secondary N) is 1. The molecule has 1 rings (SSSR count). The Labute approximate surface area is 99.4 Å². The van der Waals surface area contributed by atoms with Crippen LogP contribution in [0, 0.1) is 0 Å². The van der Waals surface area contributed by atoms with Gasteiger partial charge in [-0.25, -0.2) is 0 Å². The smallest absolute Gasteiger partial charge is 0.333 e. The summed E-state index contributed by atoms with van der Waals surface area (Å²) < 4.78 is 37.2. The van der Waals surface area contributed by atoms with E-state index in [2.05, 4.69) is 5.32 Å². The minimum Gasteiger partial charge on any atom is -0.333 e. The van der Waals surface area contributed by atoms with Gasteiger partial charge >= 0.3 is 12.1 Å². The highest BCUT2D eigenvalue weighted by molar-refractivity contribution is 5.81. The highest BCUT2D eigenvalue weighted by atomic mass is 19.4. The van der Waals surface area contributed by atoms with Crippen molar-refractivity contribution in [1.29, 1.82) is 0 Å². The number of nitrogens with zero attached hydrogens (tertiary/aromatic N) is 1. The van der Waals surface area contributed by atoms with Crippen LogP contribution < -0.4 is 5.32 Å². The zero-order chi connectivity index (χ0) is 12.9. The normalized spacial score (nSPS) is 20.6. The molecule has 17 heavy (non-hydrogen) atoms. The maximum atomic E-state index is 12.4. The molecule has 0 saturated carbocycles. The first-order chi connectivity index (χ1) is 7.95. The van der Waals surface area contributed by atoms with Crippen molar-refractivity contribution in [2.45, 2.75) is 44.8 Å². The molecule has 100 valence electrons. The molecule has 1 aliphatic rings. The van der Waals surface area contributed by atoms with Crippen LogP contribution in [-0.4, -0.2) is 42.7 Å². The average molecular weight is 252 g/mol. The van der Waals surface area contributed by atoms with Gasteiger partial charge in [-0.3, -0.25) is 4.79 Å². The number of unbranched alkanes of at least 4 members (excludes halogenated alkanes) is 1. The van der Waals surface area contributed by atoms with E-state index in [4.69, 9.17) is 0 Å². The molecular formula is C11H19F3N2O. The maximum Gasteiger partial charge on any atom is 0.471 e. The van der Waals surface area contributed by atoms with Crippen molar-refractivity contribution >= 4 is 5.91 Å².